The van der Waals surface area contributed by atoms with E-state index in [0.29, 0.717) is 0 Å². The van der Waals surface area contributed by atoms with E-state index in [1.807, 2.05) is 0 Å². The van der Waals surface area contributed by atoms with E-state index in [1.165, 1.54) is 13.0 Å². The third-order valence-electron chi connectivity index (χ3n) is 1.61. The first-order chi connectivity index (χ1) is 7.20. The number of hydrogen-bond donors (Lipinski definition) is 0. The number of Topliss-reactive ketones (excluding diaryl/α,β-unsaturated/α-hetero) is 1. The van der Waals surface area contributed by atoms with Gasteiger partial charge >= 0.3 is 6.36 Å². The summed E-state index contributed by atoms with van der Waals surface area (Å²) < 4.78 is 39.7. The van der Waals surface area contributed by atoms with Crippen LogP contribution in [0.2, 0.25) is 5.02 Å². The van der Waals surface area contributed by atoms with Gasteiger partial charge in [0.25, 0.3) is 0 Å². The standard InChI is InChI=1S/C9H5BrClF3O2/c1-4(15)6-2-5(11)3-7(8(6)10)16-9(12,13)14/h2-3H,1H3. The second-order valence-electron chi connectivity index (χ2n) is 2.87. The van der Waals surface area contributed by atoms with Crippen molar-refractivity contribution in [2.24, 2.45) is 0 Å². The molecule has 0 saturated heterocycles. The molecule has 0 heterocycles. The normalized spacial score (nSPS) is 11.4. The third kappa shape index (κ3) is 3.38. The number of ether oxygens (including phenoxy) is 1. The van der Waals surface area contributed by atoms with Crippen molar-refractivity contribution >= 4 is 33.3 Å². The van der Waals surface area contributed by atoms with Crippen molar-refractivity contribution in [2.75, 3.05) is 0 Å². The van der Waals surface area contributed by atoms with Crippen LogP contribution in [0.25, 0.3) is 0 Å². The highest BCUT2D eigenvalue weighted by Gasteiger charge is 2.32. The molecule has 0 aliphatic carbocycles. The monoisotopic (exact) mass is 316 g/mol. The highest BCUT2D eigenvalue weighted by atomic mass is 79.9. The molecule has 2 nitrogen and oxygen atoms in total. The maximum Gasteiger partial charge on any atom is 0.573 e. The van der Waals surface area contributed by atoms with E-state index in [1.54, 1.807) is 0 Å². The molecule has 1 aromatic carbocycles. The predicted molar refractivity (Wildman–Crippen MR) is 55.8 cm³/mol. The van der Waals surface area contributed by atoms with Crippen molar-refractivity contribution in [2.45, 2.75) is 13.3 Å². The topological polar surface area (TPSA) is 26.3 Å². The van der Waals surface area contributed by atoms with Gasteiger partial charge in [0.05, 0.1) is 4.47 Å². The molecule has 0 aliphatic rings. The molecule has 7 heteroatoms. The summed E-state index contributed by atoms with van der Waals surface area (Å²) >= 11 is 8.44. The fourth-order valence-corrected chi connectivity index (χ4v) is 1.82. The zero-order chi connectivity index (χ0) is 12.5. The second kappa shape index (κ2) is 4.63. The number of carbonyl (C=O) groups excluding carboxylic acids is 1. The number of alkyl halides is 3. The number of carbonyl (C=O) groups is 1. The Kier molecular flexibility index (Phi) is 3.85. The number of halogens is 5. The first kappa shape index (κ1) is 13.3. The van der Waals surface area contributed by atoms with Crippen LogP contribution < -0.4 is 4.74 Å². The molecule has 0 saturated carbocycles. The zero-order valence-electron chi connectivity index (χ0n) is 7.86. The lowest BCUT2D eigenvalue weighted by Gasteiger charge is -2.12. The van der Waals surface area contributed by atoms with Crippen LogP contribution >= 0.6 is 27.5 Å². The van der Waals surface area contributed by atoms with Crippen molar-refractivity contribution < 1.29 is 22.7 Å². The molecule has 88 valence electrons. The first-order valence-electron chi connectivity index (χ1n) is 3.96. The van der Waals surface area contributed by atoms with E-state index in [-0.39, 0.29) is 15.1 Å². The van der Waals surface area contributed by atoms with Gasteiger partial charge in [-0.05, 0) is 28.9 Å². The van der Waals surface area contributed by atoms with Crippen LogP contribution in [0, 0.1) is 0 Å². The molecular formula is C9H5BrClF3O2. The quantitative estimate of drug-likeness (QED) is 0.764. The third-order valence-corrected chi connectivity index (χ3v) is 2.65. The van der Waals surface area contributed by atoms with Crippen LogP contribution in [0.15, 0.2) is 16.6 Å². The number of rotatable bonds is 2. The summed E-state index contributed by atoms with van der Waals surface area (Å²) in [4.78, 5) is 11.1. The molecule has 0 unspecified atom stereocenters. The molecule has 0 fully saturated rings. The highest BCUT2D eigenvalue weighted by molar-refractivity contribution is 9.10. The smallest absolute Gasteiger partial charge is 0.405 e. The van der Waals surface area contributed by atoms with Gasteiger partial charge in [-0.25, -0.2) is 0 Å². The summed E-state index contributed by atoms with van der Waals surface area (Å²) in [7, 11) is 0. The van der Waals surface area contributed by atoms with E-state index in [0.717, 1.165) is 6.07 Å². The molecule has 0 aromatic heterocycles. The lowest BCUT2D eigenvalue weighted by Crippen LogP contribution is -2.17. The summed E-state index contributed by atoms with van der Waals surface area (Å²) in [5, 5.41) is -0.00681. The maximum absolute atomic E-state index is 12.0. The van der Waals surface area contributed by atoms with Crippen LogP contribution in [-0.4, -0.2) is 12.1 Å². The van der Waals surface area contributed by atoms with Crippen LogP contribution in [0.4, 0.5) is 13.2 Å². The van der Waals surface area contributed by atoms with Crippen molar-refractivity contribution in [3.8, 4) is 5.75 Å². The molecule has 16 heavy (non-hydrogen) atoms. The predicted octanol–water partition coefficient (Wildman–Crippen LogP) is 4.20. The molecule has 0 N–H and O–H groups in total. The lowest BCUT2D eigenvalue weighted by molar-refractivity contribution is -0.274. The minimum Gasteiger partial charge on any atom is -0.405 e. The number of ketones is 1. The summed E-state index contributed by atoms with van der Waals surface area (Å²) in [5.41, 5.74) is 0.0340. The second-order valence-corrected chi connectivity index (χ2v) is 4.10. The summed E-state index contributed by atoms with van der Waals surface area (Å²) in [6.07, 6.45) is -4.83. The minimum atomic E-state index is -4.83. The Morgan fingerprint density at radius 3 is 2.44 bits per heavy atom. The number of hydrogen-bond acceptors (Lipinski definition) is 2. The molecule has 0 radical (unpaired) electrons. The maximum atomic E-state index is 12.0. The Morgan fingerprint density at radius 2 is 2.00 bits per heavy atom. The Bertz CT molecular complexity index is 431. The average Bonchev–Trinajstić information content (AvgIpc) is 2.07. The fourth-order valence-electron chi connectivity index (χ4n) is 1.02. The summed E-state index contributed by atoms with van der Waals surface area (Å²) in [5.74, 6) is -0.952. The van der Waals surface area contributed by atoms with E-state index in [4.69, 9.17) is 11.6 Å². The average molecular weight is 317 g/mol. The molecule has 0 spiro atoms. The van der Waals surface area contributed by atoms with Gasteiger partial charge in [-0.15, -0.1) is 13.2 Å². The molecule has 0 aliphatic heterocycles. The van der Waals surface area contributed by atoms with Crippen molar-refractivity contribution in [3.05, 3.63) is 27.2 Å². The Morgan fingerprint density at radius 1 is 1.44 bits per heavy atom. The van der Waals surface area contributed by atoms with Gasteiger partial charge in [-0.2, -0.15) is 0 Å². The van der Waals surface area contributed by atoms with Crippen LogP contribution in [-0.2, 0) is 0 Å². The van der Waals surface area contributed by atoms with Crippen molar-refractivity contribution in [1.82, 2.24) is 0 Å². The molecule has 1 rings (SSSR count). The zero-order valence-corrected chi connectivity index (χ0v) is 10.2. The first-order valence-corrected chi connectivity index (χ1v) is 5.13. The van der Waals surface area contributed by atoms with Gasteiger partial charge in [-0.3, -0.25) is 4.79 Å². The van der Waals surface area contributed by atoms with E-state index < -0.39 is 17.9 Å². The van der Waals surface area contributed by atoms with Gasteiger partial charge in [-0.1, -0.05) is 11.6 Å². The van der Waals surface area contributed by atoms with Crippen LogP contribution in [0.3, 0.4) is 0 Å². The van der Waals surface area contributed by atoms with Gasteiger partial charge in [0.15, 0.2) is 5.78 Å². The van der Waals surface area contributed by atoms with Gasteiger partial charge in [0.1, 0.15) is 5.75 Å². The molecule has 0 amide bonds. The van der Waals surface area contributed by atoms with E-state index in [2.05, 4.69) is 20.7 Å². The molecular weight excluding hydrogens is 312 g/mol. The molecule has 1 aromatic rings. The Balaban J connectivity index is 3.25. The lowest BCUT2D eigenvalue weighted by atomic mass is 10.1. The van der Waals surface area contributed by atoms with Crippen molar-refractivity contribution in [1.29, 1.82) is 0 Å². The number of benzene rings is 1. The van der Waals surface area contributed by atoms with Gasteiger partial charge < -0.3 is 4.74 Å². The van der Waals surface area contributed by atoms with Gasteiger partial charge in [0, 0.05) is 16.7 Å². The minimum absolute atomic E-state index is 0.00681. The fraction of sp³-hybridized carbons (Fsp3) is 0.222. The Hall–Kier alpha value is -0.750. The Labute approximate surface area is 102 Å². The molecule has 0 atom stereocenters. The van der Waals surface area contributed by atoms with Gasteiger partial charge in [0.2, 0.25) is 0 Å². The van der Waals surface area contributed by atoms with Crippen LogP contribution in [0.1, 0.15) is 17.3 Å². The summed E-state index contributed by atoms with van der Waals surface area (Å²) in [6, 6.07) is 2.24. The largest absolute Gasteiger partial charge is 0.573 e. The van der Waals surface area contributed by atoms with Crippen LogP contribution in [0.5, 0.6) is 5.75 Å². The summed E-state index contributed by atoms with van der Waals surface area (Å²) in [6.45, 7) is 1.22. The molecule has 0 bridgehead atoms. The van der Waals surface area contributed by atoms with Crippen molar-refractivity contribution in [3.63, 3.8) is 0 Å². The van der Waals surface area contributed by atoms with E-state index >= 15 is 0 Å². The highest BCUT2D eigenvalue weighted by Crippen LogP contribution is 2.35. The van der Waals surface area contributed by atoms with E-state index in [9.17, 15) is 18.0 Å². The SMILES string of the molecule is CC(=O)c1cc(Cl)cc(OC(F)(F)F)c1Br.